The minimum absolute atomic E-state index is 0.00615. The van der Waals surface area contributed by atoms with E-state index in [0.717, 1.165) is 22.8 Å². The van der Waals surface area contributed by atoms with E-state index in [4.69, 9.17) is 3.07 Å². The number of carbonyl (C=O) groups excluding carboxylic acids is 2. The monoisotopic (exact) mass is 416 g/mol. The van der Waals surface area contributed by atoms with Crippen molar-refractivity contribution in [1.29, 1.82) is 0 Å². The van der Waals surface area contributed by atoms with Gasteiger partial charge in [-0.2, -0.15) is 0 Å². The topological polar surface area (TPSA) is 43.4 Å². The van der Waals surface area contributed by atoms with Gasteiger partial charge in [0.1, 0.15) is 0 Å². The average molecular weight is 415 g/mol. The Kier molecular flexibility index (Phi) is 7.32. The van der Waals surface area contributed by atoms with E-state index in [1.807, 2.05) is 30.3 Å². The van der Waals surface area contributed by atoms with Crippen molar-refractivity contribution in [2.24, 2.45) is 0 Å². The molecule has 0 amide bonds. The molecule has 0 saturated carbocycles. The fraction of sp³-hybridized carbons (Fsp3) is 0.263. The Morgan fingerprint density at radius 2 is 1.61 bits per heavy atom. The van der Waals surface area contributed by atoms with Crippen molar-refractivity contribution in [2.75, 3.05) is 0 Å². The van der Waals surface area contributed by atoms with Gasteiger partial charge in [0.25, 0.3) is 0 Å². The summed E-state index contributed by atoms with van der Waals surface area (Å²) in [6.07, 6.45) is 2.58. The average Bonchev–Trinajstić information content (AvgIpc) is 2.59. The van der Waals surface area contributed by atoms with Crippen molar-refractivity contribution in [3.63, 3.8) is 0 Å². The second kappa shape index (κ2) is 9.50. The van der Waals surface area contributed by atoms with Crippen molar-refractivity contribution in [3.8, 4) is 0 Å². The molecule has 0 spiro atoms. The van der Waals surface area contributed by atoms with Crippen LogP contribution in [0.25, 0.3) is 0 Å². The van der Waals surface area contributed by atoms with Gasteiger partial charge in [0.05, 0.1) is 0 Å². The van der Waals surface area contributed by atoms with E-state index in [1.54, 1.807) is 24.3 Å². The SMILES string of the molecule is CCC[CH2][Sn][O]C(=O)Cc1ccc(C(=O)c2ccccc2)cc1. The van der Waals surface area contributed by atoms with Crippen LogP contribution >= 0.6 is 0 Å². The molecule has 0 N–H and O–H groups in total. The Labute approximate surface area is 147 Å². The van der Waals surface area contributed by atoms with Crippen LogP contribution in [-0.4, -0.2) is 33.3 Å². The van der Waals surface area contributed by atoms with Gasteiger partial charge >= 0.3 is 148 Å². The van der Waals surface area contributed by atoms with E-state index in [2.05, 4.69) is 6.92 Å². The number of benzene rings is 2. The first-order chi connectivity index (χ1) is 11.2. The molecule has 2 radical (unpaired) electrons. The fourth-order valence-corrected chi connectivity index (χ4v) is 4.49. The second-order valence-electron chi connectivity index (χ2n) is 5.29. The van der Waals surface area contributed by atoms with Crippen LogP contribution < -0.4 is 0 Å². The number of rotatable bonds is 8. The molecule has 118 valence electrons. The number of unbranched alkanes of at least 4 members (excludes halogenated alkanes) is 1. The van der Waals surface area contributed by atoms with Gasteiger partial charge in [-0.3, -0.25) is 0 Å². The summed E-state index contributed by atoms with van der Waals surface area (Å²) >= 11 is -0.992. The maximum atomic E-state index is 12.3. The number of hydrogen-bond donors (Lipinski definition) is 0. The van der Waals surface area contributed by atoms with Crippen LogP contribution in [0.4, 0.5) is 0 Å². The summed E-state index contributed by atoms with van der Waals surface area (Å²) in [7, 11) is 0. The zero-order chi connectivity index (χ0) is 16.5. The van der Waals surface area contributed by atoms with Crippen molar-refractivity contribution >= 4 is 33.3 Å². The Hall–Kier alpha value is -1.62. The van der Waals surface area contributed by atoms with Crippen LogP contribution in [0.5, 0.6) is 0 Å². The molecule has 0 fully saturated rings. The van der Waals surface area contributed by atoms with Crippen LogP contribution in [0.3, 0.4) is 0 Å². The summed E-state index contributed by atoms with van der Waals surface area (Å²) in [5.41, 5.74) is 2.19. The van der Waals surface area contributed by atoms with E-state index in [0.29, 0.717) is 11.1 Å². The zero-order valence-corrected chi connectivity index (χ0v) is 16.1. The van der Waals surface area contributed by atoms with Crippen molar-refractivity contribution in [3.05, 3.63) is 71.3 Å². The van der Waals surface area contributed by atoms with Crippen LogP contribution in [0.2, 0.25) is 4.44 Å². The van der Waals surface area contributed by atoms with E-state index in [-0.39, 0.29) is 18.2 Å². The molecule has 2 aromatic rings. The first-order valence-electron chi connectivity index (χ1n) is 7.82. The third-order valence-electron chi connectivity index (χ3n) is 3.42. The molecule has 0 atom stereocenters. The summed E-state index contributed by atoms with van der Waals surface area (Å²) < 4.78 is 6.44. The summed E-state index contributed by atoms with van der Waals surface area (Å²) in [4.78, 5) is 24.1. The minimum atomic E-state index is -0.992. The molecule has 0 aliphatic rings. The van der Waals surface area contributed by atoms with E-state index >= 15 is 0 Å². The molecule has 0 saturated heterocycles. The molecular weight excluding hydrogens is 395 g/mol. The van der Waals surface area contributed by atoms with E-state index in [9.17, 15) is 9.59 Å². The third kappa shape index (κ3) is 5.82. The van der Waals surface area contributed by atoms with Gasteiger partial charge in [-0.25, -0.2) is 0 Å². The Morgan fingerprint density at radius 1 is 0.957 bits per heavy atom. The van der Waals surface area contributed by atoms with Gasteiger partial charge in [-0.15, -0.1) is 0 Å². The van der Waals surface area contributed by atoms with Crippen LogP contribution in [-0.2, 0) is 14.3 Å². The normalized spacial score (nSPS) is 10.3. The molecule has 2 aromatic carbocycles. The molecule has 2 rings (SSSR count). The van der Waals surface area contributed by atoms with Crippen LogP contribution in [0, 0.1) is 0 Å². The van der Waals surface area contributed by atoms with E-state index in [1.165, 1.54) is 0 Å². The Morgan fingerprint density at radius 3 is 2.26 bits per heavy atom. The Balaban J connectivity index is 1.89. The predicted molar refractivity (Wildman–Crippen MR) is 91.6 cm³/mol. The molecule has 0 aliphatic heterocycles. The van der Waals surface area contributed by atoms with Crippen molar-refractivity contribution in [2.45, 2.75) is 30.6 Å². The van der Waals surface area contributed by atoms with Gasteiger partial charge in [-0.05, 0) is 0 Å². The van der Waals surface area contributed by atoms with Gasteiger partial charge in [0, 0.05) is 0 Å². The quantitative estimate of drug-likeness (QED) is 0.374. The van der Waals surface area contributed by atoms with Crippen molar-refractivity contribution < 1.29 is 12.7 Å². The van der Waals surface area contributed by atoms with E-state index < -0.39 is 21.6 Å². The molecule has 0 unspecified atom stereocenters. The molecule has 0 bridgehead atoms. The fourth-order valence-electron chi connectivity index (χ4n) is 2.11. The first kappa shape index (κ1) is 17.7. The number of carbonyl (C=O) groups is 2. The maximum absolute atomic E-state index is 12.3. The first-order valence-corrected chi connectivity index (χ1v) is 11.0. The number of ketones is 1. The summed E-state index contributed by atoms with van der Waals surface area (Å²) in [6.45, 7) is 2.14. The van der Waals surface area contributed by atoms with Gasteiger partial charge in [0.15, 0.2) is 0 Å². The molecule has 0 aliphatic carbocycles. The third-order valence-corrected chi connectivity index (χ3v) is 6.07. The Bertz CT molecular complexity index is 635. The van der Waals surface area contributed by atoms with Gasteiger partial charge < -0.3 is 0 Å². The molecule has 23 heavy (non-hydrogen) atoms. The second-order valence-corrected chi connectivity index (χ2v) is 8.12. The molecular formula is C19H20O3Sn. The zero-order valence-electron chi connectivity index (χ0n) is 13.2. The molecule has 3 nitrogen and oxygen atoms in total. The summed E-state index contributed by atoms with van der Waals surface area (Å²) in [5, 5.41) is 0. The number of hydrogen-bond acceptors (Lipinski definition) is 3. The molecule has 0 heterocycles. The standard InChI is InChI=1S/C15H12O3.C4H9.Sn/c16-14(17)10-11-6-8-13(9-7-11)15(18)12-4-2-1-3-5-12;1-3-4-2;/h1-9H,10H2,(H,16,17);1,3-4H2,2H3;/q;;+1/p-1. The van der Waals surface area contributed by atoms with Gasteiger partial charge in [0.2, 0.25) is 0 Å². The molecule has 4 heteroatoms. The van der Waals surface area contributed by atoms with Crippen LogP contribution in [0.15, 0.2) is 54.6 Å². The van der Waals surface area contributed by atoms with Gasteiger partial charge in [-0.1, -0.05) is 0 Å². The van der Waals surface area contributed by atoms with Crippen LogP contribution in [0.1, 0.15) is 41.3 Å². The summed E-state index contributed by atoms with van der Waals surface area (Å²) in [6, 6.07) is 16.4. The van der Waals surface area contributed by atoms with Crippen molar-refractivity contribution in [1.82, 2.24) is 0 Å². The summed E-state index contributed by atoms with van der Waals surface area (Å²) in [5.74, 6) is -0.150. The molecule has 0 aromatic heterocycles. The predicted octanol–water partition coefficient (Wildman–Crippen LogP) is 3.84.